The molecule has 0 spiro atoms. The number of hydrogen-bond acceptors (Lipinski definition) is 7. The molecule has 1 aromatic heterocycles. The summed E-state index contributed by atoms with van der Waals surface area (Å²) in [6, 6.07) is 4.24. The topological polar surface area (TPSA) is 173 Å². The zero-order valence-corrected chi connectivity index (χ0v) is 27.7. The average molecular weight is 653 g/mol. The summed E-state index contributed by atoms with van der Waals surface area (Å²) in [6.45, 7) is 7.44. The first kappa shape index (κ1) is 34.4. The van der Waals surface area contributed by atoms with Crippen molar-refractivity contribution in [2.75, 3.05) is 26.2 Å². The normalized spacial score (nSPS) is 28.2. The van der Waals surface area contributed by atoms with E-state index in [9.17, 15) is 29.1 Å². The van der Waals surface area contributed by atoms with Crippen molar-refractivity contribution < 1.29 is 33.8 Å². The largest absolute Gasteiger partial charge is 0.388 e. The van der Waals surface area contributed by atoms with Crippen molar-refractivity contribution in [2.24, 2.45) is 11.8 Å². The summed E-state index contributed by atoms with van der Waals surface area (Å²) < 4.78 is 5.86. The third-order valence-electron chi connectivity index (χ3n) is 9.33. The minimum atomic E-state index is -1.16. The van der Waals surface area contributed by atoms with Crippen LogP contribution in [0.1, 0.15) is 58.9 Å². The number of rotatable bonds is 5. The number of aliphatic hydroxyl groups is 1. The summed E-state index contributed by atoms with van der Waals surface area (Å²) >= 11 is 0. The zero-order chi connectivity index (χ0) is 33.8. The Kier molecular flexibility index (Phi) is 10.9. The number of aromatic nitrogens is 1. The second kappa shape index (κ2) is 14.8. The first-order valence-electron chi connectivity index (χ1n) is 16.8. The second-order valence-electron chi connectivity index (χ2n) is 13.7. The summed E-state index contributed by atoms with van der Waals surface area (Å²) in [4.78, 5) is 74.7. The van der Waals surface area contributed by atoms with Gasteiger partial charge in [-0.05, 0) is 43.2 Å². The van der Waals surface area contributed by atoms with Gasteiger partial charge in [0.15, 0.2) is 0 Å². The van der Waals surface area contributed by atoms with Crippen LogP contribution >= 0.6 is 0 Å². The number of benzene rings is 1. The molecule has 13 nitrogen and oxygen atoms in total. The van der Waals surface area contributed by atoms with Gasteiger partial charge < -0.3 is 40.6 Å². The van der Waals surface area contributed by atoms with Crippen LogP contribution < -0.4 is 16.0 Å². The molecule has 0 aliphatic carbocycles. The Morgan fingerprint density at radius 2 is 1.77 bits per heavy atom. The highest BCUT2D eigenvalue weighted by Gasteiger charge is 2.41. The van der Waals surface area contributed by atoms with E-state index < -0.39 is 65.9 Å². The van der Waals surface area contributed by atoms with Gasteiger partial charge in [0.2, 0.25) is 29.5 Å². The second-order valence-corrected chi connectivity index (χ2v) is 13.7. The number of carbonyl (C=O) groups excluding carboxylic acids is 5. The minimum absolute atomic E-state index is 0.0696. The number of aliphatic hydroxyl groups excluding tert-OH is 1. The van der Waals surface area contributed by atoms with Gasteiger partial charge in [0.25, 0.3) is 0 Å². The van der Waals surface area contributed by atoms with Crippen LogP contribution in [0.5, 0.6) is 0 Å². The number of aromatic amines is 1. The number of amides is 5. The molecule has 2 bridgehead atoms. The molecule has 3 aliphatic rings. The quantitative estimate of drug-likeness (QED) is 0.319. The van der Waals surface area contributed by atoms with Crippen LogP contribution in [0.3, 0.4) is 0 Å². The number of fused-ring (bicyclic) bond motifs is 4. The molecule has 0 radical (unpaired) electrons. The average Bonchev–Trinajstić information content (AvgIpc) is 3.68. The standard InChI is InChI=1S/C34H48N6O7/c1-19(2)14-25-31(43)37-24-11-13-47-28(30(24)42)17-39(33(45)20(3)4)18-29(41)36-26(15-21-16-35-23-9-6-5-8-22(21)23)34(46)40-12-7-10-27(40)32(44)38-25/h5-6,8-9,16,19-20,24-28,30,35,42H,7,10-15,17-18H2,1-4H3,(H,36,41)(H,37,43)(H,38,44)/t24-,25+,26+,27+,28+,30-/m0/s1. The van der Waals surface area contributed by atoms with E-state index in [4.69, 9.17) is 4.74 Å². The van der Waals surface area contributed by atoms with Crippen molar-refractivity contribution in [2.45, 2.75) is 96.2 Å². The minimum Gasteiger partial charge on any atom is -0.388 e. The zero-order valence-electron chi connectivity index (χ0n) is 27.7. The van der Waals surface area contributed by atoms with E-state index in [-0.39, 0.29) is 37.9 Å². The molecule has 13 heteroatoms. The van der Waals surface area contributed by atoms with Crippen LogP contribution in [0.15, 0.2) is 30.5 Å². The Labute approximate surface area is 275 Å². The number of H-pyrrole nitrogens is 1. The maximum Gasteiger partial charge on any atom is 0.246 e. The van der Waals surface area contributed by atoms with E-state index in [0.717, 1.165) is 16.5 Å². The molecule has 0 saturated carbocycles. The molecular weight excluding hydrogens is 604 g/mol. The Hall–Kier alpha value is -3.97. The molecular formula is C34H48N6O7. The molecule has 3 fully saturated rings. The Morgan fingerprint density at radius 3 is 2.51 bits per heavy atom. The first-order valence-corrected chi connectivity index (χ1v) is 16.8. The van der Waals surface area contributed by atoms with Gasteiger partial charge in [-0.15, -0.1) is 0 Å². The van der Waals surface area contributed by atoms with Crippen LogP contribution in [0, 0.1) is 11.8 Å². The number of ether oxygens (including phenoxy) is 1. The van der Waals surface area contributed by atoms with Crippen molar-refractivity contribution in [3.8, 4) is 0 Å². The van der Waals surface area contributed by atoms with Crippen LogP contribution in [-0.4, -0.2) is 112 Å². The molecule has 1 aromatic carbocycles. The predicted octanol–water partition coefficient (Wildman–Crippen LogP) is 0.850. The maximum atomic E-state index is 14.3. The van der Waals surface area contributed by atoms with Gasteiger partial charge in [-0.2, -0.15) is 0 Å². The number of hydrogen-bond donors (Lipinski definition) is 5. The molecule has 3 saturated heterocycles. The molecule has 3 aliphatic heterocycles. The number of para-hydroxylation sites is 1. The van der Waals surface area contributed by atoms with Gasteiger partial charge in [0.05, 0.1) is 19.1 Å². The van der Waals surface area contributed by atoms with Crippen LogP contribution in [-0.2, 0) is 35.1 Å². The van der Waals surface area contributed by atoms with E-state index in [0.29, 0.717) is 32.2 Å². The maximum absolute atomic E-state index is 14.3. The van der Waals surface area contributed by atoms with E-state index >= 15 is 0 Å². The van der Waals surface area contributed by atoms with Crippen molar-refractivity contribution in [3.63, 3.8) is 0 Å². The molecule has 5 rings (SSSR count). The van der Waals surface area contributed by atoms with Crippen molar-refractivity contribution >= 4 is 40.4 Å². The van der Waals surface area contributed by atoms with Crippen LogP contribution in [0.25, 0.3) is 10.9 Å². The lowest BCUT2D eigenvalue weighted by Crippen LogP contribution is -2.60. The van der Waals surface area contributed by atoms with Crippen molar-refractivity contribution in [1.82, 2.24) is 30.7 Å². The molecule has 47 heavy (non-hydrogen) atoms. The fourth-order valence-electron chi connectivity index (χ4n) is 6.90. The molecule has 256 valence electrons. The van der Waals surface area contributed by atoms with Gasteiger partial charge in [0, 0.05) is 42.6 Å². The first-order chi connectivity index (χ1) is 22.4. The molecule has 2 aromatic rings. The Bertz CT molecular complexity index is 1470. The molecule has 0 unspecified atom stereocenters. The highest BCUT2D eigenvalue weighted by molar-refractivity contribution is 5.96. The van der Waals surface area contributed by atoms with E-state index in [1.165, 1.54) is 9.80 Å². The lowest BCUT2D eigenvalue weighted by molar-refractivity contribution is -0.147. The van der Waals surface area contributed by atoms with E-state index in [1.54, 1.807) is 13.8 Å². The van der Waals surface area contributed by atoms with Crippen LogP contribution in [0.4, 0.5) is 0 Å². The molecule has 5 N–H and O–H groups in total. The predicted molar refractivity (Wildman–Crippen MR) is 174 cm³/mol. The number of carbonyl (C=O) groups is 5. The van der Waals surface area contributed by atoms with Crippen molar-refractivity contribution in [3.05, 3.63) is 36.0 Å². The highest BCUT2D eigenvalue weighted by Crippen LogP contribution is 2.24. The summed E-state index contributed by atoms with van der Waals surface area (Å²) in [7, 11) is 0. The lowest BCUT2D eigenvalue weighted by Gasteiger charge is -2.38. The third-order valence-corrected chi connectivity index (χ3v) is 9.33. The summed E-state index contributed by atoms with van der Waals surface area (Å²) in [5, 5.41) is 20.9. The Balaban J connectivity index is 1.51. The van der Waals surface area contributed by atoms with Gasteiger partial charge in [0.1, 0.15) is 30.3 Å². The molecule has 5 amide bonds. The fraction of sp³-hybridized carbons (Fsp3) is 0.618. The summed E-state index contributed by atoms with van der Waals surface area (Å²) in [5.74, 6) is -2.51. The van der Waals surface area contributed by atoms with Gasteiger partial charge >= 0.3 is 0 Å². The van der Waals surface area contributed by atoms with E-state index in [1.807, 2.05) is 44.3 Å². The Morgan fingerprint density at radius 1 is 1.00 bits per heavy atom. The van der Waals surface area contributed by atoms with Gasteiger partial charge in [-0.25, -0.2) is 0 Å². The number of nitrogens with one attached hydrogen (secondary N) is 4. The fourth-order valence-corrected chi connectivity index (χ4v) is 6.90. The SMILES string of the molecule is CC(C)C[C@H]1NC(=O)[C@H]2CCCN2C(=O)[C@@H](Cc2c[nH]c3ccccc23)NC(=O)CN(C(=O)C(C)C)C[C@H]2OCC[C@H](NC1=O)[C@@H]2O. The smallest absolute Gasteiger partial charge is 0.246 e. The highest BCUT2D eigenvalue weighted by atomic mass is 16.5. The van der Waals surface area contributed by atoms with Crippen molar-refractivity contribution in [1.29, 1.82) is 0 Å². The summed E-state index contributed by atoms with van der Waals surface area (Å²) in [5.41, 5.74) is 1.70. The monoisotopic (exact) mass is 652 g/mol. The third kappa shape index (κ3) is 7.95. The van der Waals surface area contributed by atoms with Gasteiger partial charge in [-0.1, -0.05) is 45.9 Å². The molecule has 6 atom stereocenters. The summed E-state index contributed by atoms with van der Waals surface area (Å²) in [6.07, 6.45) is 1.63. The van der Waals surface area contributed by atoms with Crippen LogP contribution in [0.2, 0.25) is 0 Å². The molecule has 4 heterocycles. The number of nitrogens with zero attached hydrogens (tertiary/aromatic N) is 2. The van der Waals surface area contributed by atoms with E-state index in [2.05, 4.69) is 20.9 Å². The van der Waals surface area contributed by atoms with Gasteiger partial charge in [-0.3, -0.25) is 24.0 Å². The lowest BCUT2D eigenvalue weighted by atomic mass is 9.97.